The Hall–Kier alpha value is -2.77. The number of hydrogen-bond donors (Lipinski definition) is 3. The van der Waals surface area contributed by atoms with Crippen LogP contribution >= 0.6 is 11.6 Å². The van der Waals surface area contributed by atoms with E-state index in [1.807, 2.05) is 0 Å². The maximum Gasteiger partial charge on any atom is 0.326 e. The van der Waals surface area contributed by atoms with Gasteiger partial charge in [0.1, 0.15) is 17.5 Å². The predicted molar refractivity (Wildman–Crippen MR) is 101 cm³/mol. The van der Waals surface area contributed by atoms with Crippen molar-refractivity contribution >= 4 is 29.2 Å². The van der Waals surface area contributed by atoms with Crippen molar-refractivity contribution in [2.24, 2.45) is 0 Å². The number of rotatable bonds is 4. The predicted octanol–water partition coefficient (Wildman–Crippen LogP) is 2.43. The van der Waals surface area contributed by atoms with Gasteiger partial charge in [0.2, 0.25) is 0 Å². The molecule has 2 atom stereocenters. The highest BCUT2D eigenvalue weighted by atomic mass is 35.5. The maximum absolute atomic E-state index is 13.4. The van der Waals surface area contributed by atoms with Gasteiger partial charge in [0.15, 0.2) is 5.60 Å². The largest absolute Gasteiger partial charge is 0.507 e. The van der Waals surface area contributed by atoms with Gasteiger partial charge in [-0.05, 0) is 36.2 Å². The number of halogens is 1. The number of aromatic hydroxyl groups is 1. The summed E-state index contributed by atoms with van der Waals surface area (Å²) in [6.07, 6.45) is 0.717. The lowest BCUT2D eigenvalue weighted by Crippen LogP contribution is -2.48. The molecule has 0 saturated heterocycles. The quantitative estimate of drug-likeness (QED) is 0.723. The third kappa shape index (κ3) is 2.47. The molecule has 2 aliphatic heterocycles. The van der Waals surface area contributed by atoms with Crippen LogP contribution in [0.3, 0.4) is 0 Å². The third-order valence-corrected chi connectivity index (χ3v) is 5.55. The summed E-state index contributed by atoms with van der Waals surface area (Å²) < 4.78 is 5.42. The number of benzene rings is 2. The molecule has 146 valence electrons. The van der Waals surface area contributed by atoms with Crippen LogP contribution in [0, 0.1) is 0 Å². The van der Waals surface area contributed by atoms with Gasteiger partial charge in [0.25, 0.3) is 5.91 Å². The molecule has 0 aromatic heterocycles. The zero-order valence-electron chi connectivity index (χ0n) is 15.0. The van der Waals surface area contributed by atoms with Gasteiger partial charge in [0, 0.05) is 28.6 Å². The first-order valence-electron chi connectivity index (χ1n) is 8.87. The van der Waals surface area contributed by atoms with Crippen molar-refractivity contribution in [2.75, 3.05) is 11.5 Å². The Morgan fingerprint density at radius 1 is 1.32 bits per heavy atom. The lowest BCUT2D eigenvalue weighted by molar-refractivity contribution is -0.142. The standard InChI is InChI=1S/C20H18ClNO6/c1-2-14(18(24)25)22-15-4-3-11(21)8-12(15)20(27,19(22)26)13-7-10-5-6-28-17(10)9-16(13)23/h3-4,7-9,14,23,27H,2,5-6H2,1H3,(H,24,25). The van der Waals surface area contributed by atoms with E-state index in [4.69, 9.17) is 16.3 Å². The van der Waals surface area contributed by atoms with Gasteiger partial charge in [-0.2, -0.15) is 0 Å². The number of phenolic OH excluding ortho intramolecular Hbond substituents is 1. The molecule has 0 radical (unpaired) electrons. The number of fused-ring (bicyclic) bond motifs is 2. The number of aliphatic hydroxyl groups is 1. The molecule has 0 fully saturated rings. The Labute approximate surface area is 165 Å². The van der Waals surface area contributed by atoms with E-state index < -0.39 is 23.5 Å². The summed E-state index contributed by atoms with van der Waals surface area (Å²) in [5, 5.41) is 32.0. The summed E-state index contributed by atoms with van der Waals surface area (Å²) in [7, 11) is 0. The molecule has 28 heavy (non-hydrogen) atoms. The first kappa shape index (κ1) is 18.6. The summed E-state index contributed by atoms with van der Waals surface area (Å²) >= 11 is 6.10. The smallest absolute Gasteiger partial charge is 0.326 e. The van der Waals surface area contributed by atoms with E-state index in [0.717, 1.165) is 10.5 Å². The van der Waals surface area contributed by atoms with E-state index in [1.54, 1.807) is 6.92 Å². The van der Waals surface area contributed by atoms with Crippen molar-refractivity contribution in [3.8, 4) is 11.5 Å². The number of anilines is 1. The highest BCUT2D eigenvalue weighted by Crippen LogP contribution is 2.50. The molecular weight excluding hydrogens is 386 g/mol. The molecule has 2 heterocycles. The zero-order valence-corrected chi connectivity index (χ0v) is 15.7. The minimum absolute atomic E-state index is 0.0204. The fourth-order valence-corrected chi connectivity index (χ4v) is 4.12. The number of carbonyl (C=O) groups is 2. The molecular formula is C20H18ClNO6. The van der Waals surface area contributed by atoms with Crippen molar-refractivity contribution in [3.05, 3.63) is 52.0 Å². The molecule has 0 bridgehead atoms. The third-order valence-electron chi connectivity index (χ3n) is 5.32. The van der Waals surface area contributed by atoms with Crippen LogP contribution in [0.2, 0.25) is 5.02 Å². The molecule has 3 N–H and O–H groups in total. The highest BCUT2D eigenvalue weighted by molar-refractivity contribution is 6.31. The Morgan fingerprint density at radius 2 is 2.07 bits per heavy atom. The molecule has 2 aromatic rings. The summed E-state index contributed by atoms with van der Waals surface area (Å²) in [6.45, 7) is 2.08. The molecule has 2 aromatic carbocycles. The lowest BCUT2D eigenvalue weighted by Gasteiger charge is -2.27. The van der Waals surface area contributed by atoms with Crippen LogP contribution in [0.25, 0.3) is 0 Å². The number of ether oxygens (including phenoxy) is 1. The number of phenols is 1. The zero-order chi connectivity index (χ0) is 20.2. The molecule has 0 aliphatic carbocycles. The van der Waals surface area contributed by atoms with Crippen molar-refractivity contribution in [3.63, 3.8) is 0 Å². The van der Waals surface area contributed by atoms with E-state index in [2.05, 4.69) is 0 Å². The number of carbonyl (C=O) groups excluding carboxylic acids is 1. The van der Waals surface area contributed by atoms with Crippen LogP contribution in [0.5, 0.6) is 11.5 Å². The van der Waals surface area contributed by atoms with Gasteiger partial charge in [-0.3, -0.25) is 9.69 Å². The van der Waals surface area contributed by atoms with Crippen molar-refractivity contribution in [2.45, 2.75) is 31.4 Å². The Morgan fingerprint density at radius 3 is 2.75 bits per heavy atom. The van der Waals surface area contributed by atoms with Crippen molar-refractivity contribution < 1.29 is 29.6 Å². The first-order valence-corrected chi connectivity index (χ1v) is 9.24. The van der Waals surface area contributed by atoms with Gasteiger partial charge in [-0.1, -0.05) is 18.5 Å². The average Bonchev–Trinajstić information content (AvgIpc) is 3.18. The Kier molecular flexibility index (Phi) is 4.24. The Balaban J connectivity index is 1.96. The fraction of sp³-hybridized carbons (Fsp3) is 0.300. The lowest BCUT2D eigenvalue weighted by atomic mass is 9.85. The fourth-order valence-electron chi connectivity index (χ4n) is 3.95. The van der Waals surface area contributed by atoms with Crippen LogP contribution in [0.15, 0.2) is 30.3 Å². The number of carboxylic acid groups (broad SMARTS) is 1. The number of amides is 1. The summed E-state index contributed by atoms with van der Waals surface area (Å²) in [5.74, 6) is -1.84. The van der Waals surface area contributed by atoms with Gasteiger partial charge >= 0.3 is 5.97 Å². The first-order chi connectivity index (χ1) is 13.3. The average molecular weight is 404 g/mol. The molecule has 4 rings (SSSR count). The minimum atomic E-state index is -2.26. The van der Waals surface area contributed by atoms with Crippen LogP contribution in [0.1, 0.15) is 30.0 Å². The summed E-state index contributed by atoms with van der Waals surface area (Å²) in [4.78, 5) is 26.2. The van der Waals surface area contributed by atoms with E-state index >= 15 is 0 Å². The number of hydrogen-bond acceptors (Lipinski definition) is 5. The molecule has 0 saturated carbocycles. The summed E-state index contributed by atoms with van der Waals surface area (Å²) in [5.41, 5.74) is -1.14. The SMILES string of the molecule is CCC(C(=O)O)N1C(=O)C(O)(c2cc3c(cc2O)OCC3)c2cc(Cl)ccc21. The molecule has 7 nitrogen and oxygen atoms in total. The molecule has 0 spiro atoms. The normalized spacial score (nSPS) is 21.2. The van der Waals surface area contributed by atoms with Crippen LogP contribution in [-0.4, -0.2) is 39.8 Å². The number of carboxylic acids is 1. The van der Waals surface area contributed by atoms with Gasteiger partial charge < -0.3 is 20.1 Å². The van der Waals surface area contributed by atoms with Crippen LogP contribution < -0.4 is 9.64 Å². The molecule has 8 heteroatoms. The van der Waals surface area contributed by atoms with E-state index in [-0.39, 0.29) is 34.0 Å². The highest BCUT2D eigenvalue weighted by Gasteiger charge is 2.55. The topological polar surface area (TPSA) is 107 Å². The van der Waals surface area contributed by atoms with E-state index in [1.165, 1.54) is 30.3 Å². The van der Waals surface area contributed by atoms with Gasteiger partial charge in [-0.25, -0.2) is 4.79 Å². The van der Waals surface area contributed by atoms with Crippen LogP contribution in [0.4, 0.5) is 5.69 Å². The Bertz CT molecular complexity index is 1010. The van der Waals surface area contributed by atoms with E-state index in [9.17, 15) is 24.9 Å². The molecule has 2 unspecified atom stereocenters. The molecule has 1 amide bonds. The second-order valence-electron chi connectivity index (χ2n) is 6.88. The van der Waals surface area contributed by atoms with Crippen molar-refractivity contribution in [1.82, 2.24) is 0 Å². The van der Waals surface area contributed by atoms with Gasteiger partial charge in [-0.15, -0.1) is 0 Å². The molecule has 2 aliphatic rings. The second kappa shape index (κ2) is 6.39. The van der Waals surface area contributed by atoms with Gasteiger partial charge in [0.05, 0.1) is 12.3 Å². The minimum Gasteiger partial charge on any atom is -0.507 e. The number of aliphatic carboxylic acids is 1. The van der Waals surface area contributed by atoms with E-state index in [0.29, 0.717) is 18.8 Å². The second-order valence-corrected chi connectivity index (χ2v) is 7.32. The van der Waals surface area contributed by atoms with Crippen LogP contribution in [-0.2, 0) is 21.6 Å². The van der Waals surface area contributed by atoms with Crippen molar-refractivity contribution in [1.29, 1.82) is 0 Å². The number of nitrogens with zero attached hydrogens (tertiary/aromatic N) is 1. The maximum atomic E-state index is 13.4. The monoisotopic (exact) mass is 403 g/mol. The summed E-state index contributed by atoms with van der Waals surface area (Å²) in [6, 6.07) is 6.19.